The van der Waals surface area contributed by atoms with Crippen LogP contribution >= 0.6 is 0 Å². The zero-order valence-electron chi connectivity index (χ0n) is 16.3. The Kier molecular flexibility index (Phi) is 5.33. The van der Waals surface area contributed by atoms with Gasteiger partial charge in [-0.25, -0.2) is 18.4 Å². The summed E-state index contributed by atoms with van der Waals surface area (Å²) in [7, 11) is -4.13. The average Bonchev–Trinajstić information content (AvgIpc) is 3.40. The summed E-state index contributed by atoms with van der Waals surface area (Å²) in [6.45, 7) is 2.08. The van der Waals surface area contributed by atoms with Crippen molar-refractivity contribution in [3.8, 4) is 0 Å². The van der Waals surface area contributed by atoms with Crippen LogP contribution in [0.2, 0.25) is 0 Å². The summed E-state index contributed by atoms with van der Waals surface area (Å²) in [4.78, 5) is 11.9. The normalized spacial score (nSPS) is 23.3. The molecule has 3 aromatic rings. The number of aromatic nitrogens is 4. The number of H-pyrrole nitrogens is 1. The van der Waals surface area contributed by atoms with Crippen molar-refractivity contribution in [1.82, 2.24) is 19.4 Å². The molecule has 1 aliphatic rings. The number of sulfonamides is 1. The summed E-state index contributed by atoms with van der Waals surface area (Å²) >= 11 is 0. The van der Waals surface area contributed by atoms with E-state index in [1.165, 1.54) is 6.21 Å². The number of nitrogens with one attached hydrogen (secondary N) is 1. The highest BCUT2D eigenvalue weighted by Gasteiger charge is 2.36. The zero-order chi connectivity index (χ0) is 21.5. The molecular formula is C19H22F3N5O2S. The van der Waals surface area contributed by atoms with Crippen LogP contribution < -0.4 is 0 Å². The Labute approximate surface area is 171 Å². The number of imidazole rings is 1. The number of nitrogens with zero attached hydrogens (tertiary/aromatic N) is 4. The third-order valence-corrected chi connectivity index (χ3v) is 6.94. The molecule has 0 aliphatic heterocycles. The largest absolute Gasteiger partial charge is 0.390 e. The van der Waals surface area contributed by atoms with Crippen molar-refractivity contribution in [3.05, 3.63) is 30.4 Å². The van der Waals surface area contributed by atoms with Crippen LogP contribution in [0, 0.1) is 11.8 Å². The molecule has 0 bridgehead atoms. The van der Waals surface area contributed by atoms with E-state index in [9.17, 15) is 21.6 Å². The van der Waals surface area contributed by atoms with Gasteiger partial charge in [-0.05, 0) is 30.7 Å². The summed E-state index contributed by atoms with van der Waals surface area (Å²) in [6, 6.07) is 1.93. The highest BCUT2D eigenvalue weighted by Crippen LogP contribution is 2.44. The van der Waals surface area contributed by atoms with Crippen LogP contribution in [0.5, 0.6) is 0 Å². The van der Waals surface area contributed by atoms with Crippen LogP contribution in [0.4, 0.5) is 13.2 Å². The lowest BCUT2D eigenvalue weighted by atomic mass is 9.91. The fraction of sp³-hybridized carbons (Fsp3) is 0.526. The maximum absolute atomic E-state index is 12.3. The third-order valence-electron chi connectivity index (χ3n) is 5.78. The number of halogens is 3. The quantitative estimate of drug-likeness (QED) is 0.584. The van der Waals surface area contributed by atoms with Crippen molar-refractivity contribution >= 4 is 33.0 Å². The second kappa shape index (κ2) is 7.68. The van der Waals surface area contributed by atoms with Crippen molar-refractivity contribution in [3.63, 3.8) is 0 Å². The number of aromatic amines is 1. The first-order valence-electron chi connectivity index (χ1n) is 9.81. The van der Waals surface area contributed by atoms with Gasteiger partial charge in [-0.1, -0.05) is 13.3 Å². The Morgan fingerprint density at radius 3 is 2.83 bits per heavy atom. The first-order chi connectivity index (χ1) is 14.2. The minimum absolute atomic E-state index is 0.116. The van der Waals surface area contributed by atoms with Gasteiger partial charge in [-0.2, -0.15) is 17.6 Å². The van der Waals surface area contributed by atoms with E-state index in [-0.39, 0.29) is 11.8 Å². The molecule has 7 nitrogen and oxygen atoms in total. The van der Waals surface area contributed by atoms with E-state index in [0.29, 0.717) is 12.3 Å². The smallest absolute Gasteiger partial charge is 0.345 e. The average molecular weight is 441 g/mol. The SMILES string of the molecule is CC[C@@H]1CC(/C=N\S(=O)(=O)CCC(F)(F)F)C[C@@H]1c1cnc2cnc3[nH]ccc3n12. The Hall–Kier alpha value is -2.43. The molecule has 0 amide bonds. The van der Waals surface area contributed by atoms with Crippen molar-refractivity contribution in [2.45, 2.75) is 44.7 Å². The molecule has 3 heterocycles. The minimum Gasteiger partial charge on any atom is -0.345 e. The summed E-state index contributed by atoms with van der Waals surface area (Å²) < 4.78 is 66.3. The predicted octanol–water partition coefficient (Wildman–Crippen LogP) is 4.08. The van der Waals surface area contributed by atoms with Crippen LogP contribution in [0.3, 0.4) is 0 Å². The monoisotopic (exact) mass is 441 g/mol. The fourth-order valence-corrected chi connectivity index (χ4v) is 5.29. The van der Waals surface area contributed by atoms with Crippen LogP contribution in [-0.4, -0.2) is 45.9 Å². The van der Waals surface area contributed by atoms with Crippen LogP contribution in [0.15, 0.2) is 29.1 Å². The van der Waals surface area contributed by atoms with Gasteiger partial charge in [-0.15, -0.1) is 0 Å². The fourth-order valence-electron chi connectivity index (χ4n) is 4.33. The molecule has 3 atom stereocenters. The van der Waals surface area contributed by atoms with E-state index in [1.807, 2.05) is 18.5 Å². The number of alkyl halides is 3. The molecule has 1 saturated carbocycles. The molecular weight excluding hydrogens is 419 g/mol. The van der Waals surface area contributed by atoms with Crippen molar-refractivity contribution in [1.29, 1.82) is 0 Å². The lowest BCUT2D eigenvalue weighted by Crippen LogP contribution is -2.15. The number of hydrogen-bond acceptors (Lipinski definition) is 4. The standard InChI is InChI=1S/C19H22F3N5O2S/c1-2-13-7-12(9-26-30(28,29)6-4-19(20,21)22)8-14(13)16-10-24-17-11-25-18-15(27(16)17)3-5-23-18/h3,5,9-14,23H,2,4,6-8H2,1H3/b26-9-/t12?,13-,14+/m1/s1. The predicted molar refractivity (Wildman–Crippen MR) is 107 cm³/mol. The first-order valence-corrected chi connectivity index (χ1v) is 11.4. The third kappa shape index (κ3) is 4.21. The lowest BCUT2D eigenvalue weighted by molar-refractivity contribution is -0.129. The Morgan fingerprint density at radius 2 is 2.10 bits per heavy atom. The number of rotatable bonds is 6. The number of fused-ring (bicyclic) bond motifs is 3. The second-order valence-electron chi connectivity index (χ2n) is 7.76. The van der Waals surface area contributed by atoms with Gasteiger partial charge >= 0.3 is 6.18 Å². The molecule has 0 aromatic carbocycles. The molecule has 0 radical (unpaired) electrons. The highest BCUT2D eigenvalue weighted by atomic mass is 32.2. The van der Waals surface area contributed by atoms with Crippen molar-refractivity contribution in [2.75, 3.05) is 5.75 Å². The molecule has 1 N–H and O–H groups in total. The van der Waals surface area contributed by atoms with E-state index in [4.69, 9.17) is 0 Å². The van der Waals surface area contributed by atoms with Gasteiger partial charge in [0.2, 0.25) is 0 Å². The summed E-state index contributed by atoms with van der Waals surface area (Å²) in [5, 5.41) is 0. The second-order valence-corrected chi connectivity index (χ2v) is 9.54. The molecule has 3 aromatic heterocycles. The van der Waals surface area contributed by atoms with Gasteiger partial charge in [0.25, 0.3) is 10.0 Å². The van der Waals surface area contributed by atoms with Gasteiger partial charge in [-0.3, -0.25) is 4.40 Å². The maximum Gasteiger partial charge on any atom is 0.390 e. The Morgan fingerprint density at radius 1 is 1.30 bits per heavy atom. The van der Waals surface area contributed by atoms with Gasteiger partial charge in [0.1, 0.15) is 0 Å². The van der Waals surface area contributed by atoms with Gasteiger partial charge in [0, 0.05) is 30.2 Å². The van der Waals surface area contributed by atoms with E-state index >= 15 is 0 Å². The Balaban J connectivity index is 1.57. The summed E-state index contributed by atoms with van der Waals surface area (Å²) in [5.74, 6) is -0.706. The molecule has 1 unspecified atom stereocenters. The van der Waals surface area contributed by atoms with E-state index < -0.39 is 28.4 Å². The van der Waals surface area contributed by atoms with E-state index in [1.54, 1.807) is 6.20 Å². The molecule has 1 aliphatic carbocycles. The highest BCUT2D eigenvalue weighted by molar-refractivity contribution is 7.90. The van der Waals surface area contributed by atoms with Gasteiger partial charge in [0.05, 0.1) is 23.9 Å². The lowest BCUT2D eigenvalue weighted by Gasteiger charge is -2.17. The summed E-state index contributed by atoms with van der Waals surface area (Å²) in [6.07, 6.45) is 3.05. The minimum atomic E-state index is -4.52. The number of hydrogen-bond donors (Lipinski definition) is 1. The molecule has 30 heavy (non-hydrogen) atoms. The van der Waals surface area contributed by atoms with Crippen molar-refractivity contribution < 1.29 is 21.6 Å². The van der Waals surface area contributed by atoms with Crippen LogP contribution in [-0.2, 0) is 10.0 Å². The topological polar surface area (TPSA) is 92.5 Å². The van der Waals surface area contributed by atoms with Gasteiger partial charge in [0.15, 0.2) is 11.3 Å². The molecule has 0 saturated heterocycles. The molecule has 1 fully saturated rings. The molecule has 162 valence electrons. The Bertz CT molecular complexity index is 1180. The zero-order valence-corrected chi connectivity index (χ0v) is 17.1. The van der Waals surface area contributed by atoms with Gasteiger partial charge < -0.3 is 4.98 Å². The molecule has 4 rings (SSSR count). The maximum atomic E-state index is 12.3. The summed E-state index contributed by atoms with van der Waals surface area (Å²) in [5.41, 5.74) is 3.43. The molecule has 11 heteroatoms. The van der Waals surface area contributed by atoms with Crippen LogP contribution in [0.1, 0.15) is 44.2 Å². The van der Waals surface area contributed by atoms with E-state index in [0.717, 1.165) is 35.3 Å². The molecule has 0 spiro atoms. The van der Waals surface area contributed by atoms with Crippen LogP contribution in [0.25, 0.3) is 16.8 Å². The van der Waals surface area contributed by atoms with Crippen molar-refractivity contribution in [2.24, 2.45) is 16.2 Å². The first kappa shape index (κ1) is 20.8. The van der Waals surface area contributed by atoms with E-state index in [2.05, 4.69) is 30.7 Å².